The number of hydrogen-bond acceptors (Lipinski definition) is 4. The van der Waals surface area contributed by atoms with Crippen molar-refractivity contribution in [3.63, 3.8) is 0 Å². The summed E-state index contributed by atoms with van der Waals surface area (Å²) >= 11 is 11.5. The molecule has 0 amide bonds. The van der Waals surface area contributed by atoms with Gasteiger partial charge in [-0.1, -0.05) is 23.2 Å². The number of anilines is 2. The highest BCUT2D eigenvalue weighted by atomic mass is 35.5. The molecule has 22 heavy (non-hydrogen) atoms. The Balaban J connectivity index is 0.000000131. The van der Waals surface area contributed by atoms with E-state index in [9.17, 15) is 0 Å². The number of nitrogens with one attached hydrogen (secondary N) is 2. The van der Waals surface area contributed by atoms with Gasteiger partial charge in [0.1, 0.15) is 0 Å². The Morgan fingerprint density at radius 3 is 2.09 bits per heavy atom. The molecule has 4 rings (SSSR count). The van der Waals surface area contributed by atoms with Crippen LogP contribution in [0.1, 0.15) is 0 Å². The molecule has 6 nitrogen and oxygen atoms in total. The fourth-order valence-electron chi connectivity index (χ4n) is 2.02. The summed E-state index contributed by atoms with van der Waals surface area (Å²) in [6.07, 6.45) is 0. The summed E-state index contributed by atoms with van der Waals surface area (Å²) in [7, 11) is 0. The highest BCUT2D eigenvalue weighted by Gasteiger charge is 2.01. The van der Waals surface area contributed by atoms with Gasteiger partial charge in [-0.05, 0) is 36.4 Å². The van der Waals surface area contributed by atoms with Crippen LogP contribution in [0, 0.1) is 0 Å². The van der Waals surface area contributed by atoms with Gasteiger partial charge in [0.25, 0.3) is 0 Å². The van der Waals surface area contributed by atoms with Crippen LogP contribution in [0.3, 0.4) is 0 Å². The standard InChI is InChI=1S/2C7H6ClN3/c8-4-1-2-6-5(3-4)7(9)11-10-6;8-4-1-2-5-6(3-4)10-11-7(5)9/h2*1-3H,(H3,9,10,11). The second-order valence-electron chi connectivity index (χ2n) is 4.60. The Kier molecular flexibility index (Phi) is 3.79. The number of benzene rings is 2. The van der Waals surface area contributed by atoms with Crippen LogP contribution in [0.4, 0.5) is 11.6 Å². The van der Waals surface area contributed by atoms with E-state index < -0.39 is 0 Å². The van der Waals surface area contributed by atoms with Crippen LogP contribution in [0.25, 0.3) is 21.8 Å². The van der Waals surface area contributed by atoms with Crippen molar-refractivity contribution in [1.29, 1.82) is 0 Å². The number of halogens is 2. The largest absolute Gasteiger partial charge is 0.382 e. The lowest BCUT2D eigenvalue weighted by molar-refractivity contribution is 1.13. The average Bonchev–Trinajstić information content (AvgIpc) is 3.04. The first-order valence-corrected chi connectivity index (χ1v) is 7.08. The van der Waals surface area contributed by atoms with Crippen molar-refractivity contribution in [2.45, 2.75) is 0 Å². The Morgan fingerprint density at radius 2 is 1.32 bits per heavy atom. The molecule has 0 radical (unpaired) electrons. The number of nitrogen functional groups attached to an aromatic ring is 2. The van der Waals surface area contributed by atoms with E-state index >= 15 is 0 Å². The monoisotopic (exact) mass is 334 g/mol. The third-order valence-electron chi connectivity index (χ3n) is 3.11. The summed E-state index contributed by atoms with van der Waals surface area (Å²) in [6.45, 7) is 0. The van der Waals surface area contributed by atoms with Crippen molar-refractivity contribution in [3.8, 4) is 0 Å². The first kappa shape index (κ1) is 14.5. The molecule has 8 heteroatoms. The molecule has 0 unspecified atom stereocenters. The molecule has 0 atom stereocenters. The molecule has 2 heterocycles. The highest BCUT2D eigenvalue weighted by molar-refractivity contribution is 6.31. The second-order valence-corrected chi connectivity index (χ2v) is 5.47. The van der Waals surface area contributed by atoms with Crippen LogP contribution in [0.15, 0.2) is 36.4 Å². The summed E-state index contributed by atoms with van der Waals surface area (Å²) < 4.78 is 0. The molecule has 0 spiro atoms. The summed E-state index contributed by atoms with van der Waals surface area (Å²) in [6, 6.07) is 10.9. The quantitative estimate of drug-likeness (QED) is 0.393. The lowest BCUT2D eigenvalue weighted by atomic mass is 10.2. The Morgan fingerprint density at radius 1 is 0.727 bits per heavy atom. The summed E-state index contributed by atoms with van der Waals surface area (Å²) in [5, 5.41) is 16.4. The molecule has 2 aromatic carbocycles. The van der Waals surface area contributed by atoms with Crippen molar-refractivity contribution in [2.24, 2.45) is 0 Å². The fraction of sp³-hybridized carbons (Fsp3) is 0. The maximum Gasteiger partial charge on any atom is 0.153 e. The number of aromatic nitrogens is 4. The van der Waals surface area contributed by atoms with Gasteiger partial charge >= 0.3 is 0 Å². The van der Waals surface area contributed by atoms with E-state index in [1.165, 1.54) is 0 Å². The minimum atomic E-state index is 0.488. The van der Waals surface area contributed by atoms with Gasteiger partial charge in [0, 0.05) is 20.8 Å². The minimum absolute atomic E-state index is 0.488. The molecular formula is C14H12Cl2N6. The second kappa shape index (κ2) is 5.75. The molecule has 0 aliphatic rings. The van der Waals surface area contributed by atoms with Gasteiger partial charge in [-0.25, -0.2) is 0 Å². The van der Waals surface area contributed by atoms with Crippen molar-refractivity contribution in [2.75, 3.05) is 11.5 Å². The molecule has 0 saturated carbocycles. The molecule has 112 valence electrons. The van der Waals surface area contributed by atoms with Crippen LogP contribution in [0.2, 0.25) is 10.0 Å². The number of hydrogen-bond donors (Lipinski definition) is 4. The van der Waals surface area contributed by atoms with Crippen molar-refractivity contribution in [1.82, 2.24) is 20.4 Å². The van der Waals surface area contributed by atoms with Gasteiger partial charge in [-0.15, -0.1) is 0 Å². The van der Waals surface area contributed by atoms with Gasteiger partial charge in [-0.2, -0.15) is 10.2 Å². The molecule has 0 aliphatic carbocycles. The van der Waals surface area contributed by atoms with E-state index in [1.54, 1.807) is 24.3 Å². The van der Waals surface area contributed by atoms with Crippen molar-refractivity contribution >= 4 is 56.6 Å². The predicted molar refractivity (Wildman–Crippen MR) is 91.0 cm³/mol. The molecule has 2 aromatic heterocycles. The lowest BCUT2D eigenvalue weighted by Gasteiger charge is -1.89. The maximum absolute atomic E-state index is 5.75. The van der Waals surface area contributed by atoms with Crippen molar-refractivity contribution < 1.29 is 0 Å². The zero-order valence-corrected chi connectivity index (χ0v) is 12.8. The zero-order valence-electron chi connectivity index (χ0n) is 11.3. The molecule has 0 fully saturated rings. The maximum atomic E-state index is 5.75. The molecule has 0 aliphatic heterocycles. The smallest absolute Gasteiger partial charge is 0.153 e. The van der Waals surface area contributed by atoms with E-state index in [1.807, 2.05) is 12.1 Å². The minimum Gasteiger partial charge on any atom is -0.382 e. The topological polar surface area (TPSA) is 109 Å². The predicted octanol–water partition coefficient (Wildman–Crippen LogP) is 3.60. The van der Waals surface area contributed by atoms with Gasteiger partial charge < -0.3 is 11.5 Å². The summed E-state index contributed by atoms with van der Waals surface area (Å²) in [5.41, 5.74) is 12.9. The van der Waals surface area contributed by atoms with E-state index in [4.69, 9.17) is 34.7 Å². The first-order chi connectivity index (χ1) is 10.5. The van der Waals surface area contributed by atoms with Crippen LogP contribution in [-0.2, 0) is 0 Å². The Bertz CT molecular complexity index is 943. The Labute approximate surface area is 135 Å². The number of fused-ring (bicyclic) bond motifs is 2. The number of nitrogens with zero attached hydrogens (tertiary/aromatic N) is 2. The zero-order chi connectivity index (χ0) is 15.7. The van der Waals surface area contributed by atoms with E-state index in [0.717, 1.165) is 21.8 Å². The van der Waals surface area contributed by atoms with Gasteiger partial charge in [0.2, 0.25) is 0 Å². The van der Waals surface area contributed by atoms with Crippen LogP contribution in [0.5, 0.6) is 0 Å². The molecule has 6 N–H and O–H groups in total. The molecule has 0 saturated heterocycles. The van der Waals surface area contributed by atoms with Gasteiger partial charge in [-0.3, -0.25) is 10.2 Å². The summed E-state index contributed by atoms with van der Waals surface area (Å²) in [5.74, 6) is 0.999. The van der Waals surface area contributed by atoms with Crippen LogP contribution >= 0.6 is 23.2 Å². The van der Waals surface area contributed by atoms with Gasteiger partial charge in [0.05, 0.1) is 11.0 Å². The molecular weight excluding hydrogens is 323 g/mol. The number of aromatic amines is 2. The van der Waals surface area contributed by atoms with Crippen LogP contribution < -0.4 is 11.5 Å². The normalized spacial score (nSPS) is 10.6. The van der Waals surface area contributed by atoms with E-state index in [0.29, 0.717) is 21.7 Å². The van der Waals surface area contributed by atoms with Crippen molar-refractivity contribution in [3.05, 3.63) is 46.4 Å². The number of rotatable bonds is 0. The van der Waals surface area contributed by atoms with E-state index in [2.05, 4.69) is 20.4 Å². The molecule has 0 bridgehead atoms. The Hall–Kier alpha value is -2.44. The summed E-state index contributed by atoms with van der Waals surface area (Å²) in [4.78, 5) is 0. The SMILES string of the molecule is Nc1n[nH]c2cc(Cl)ccc12.Nc1n[nH]c2ccc(Cl)cc12. The average molecular weight is 335 g/mol. The lowest BCUT2D eigenvalue weighted by Crippen LogP contribution is -1.83. The van der Waals surface area contributed by atoms with Gasteiger partial charge in [0.15, 0.2) is 11.6 Å². The van der Waals surface area contributed by atoms with E-state index in [-0.39, 0.29) is 0 Å². The highest BCUT2D eigenvalue weighted by Crippen LogP contribution is 2.22. The van der Waals surface area contributed by atoms with Crippen LogP contribution in [-0.4, -0.2) is 20.4 Å². The third kappa shape index (κ3) is 2.79. The number of nitrogens with two attached hydrogens (primary N) is 2. The molecule has 4 aromatic rings. The number of H-pyrrole nitrogens is 2. The third-order valence-corrected chi connectivity index (χ3v) is 3.58. The fourth-order valence-corrected chi connectivity index (χ4v) is 2.36. The first-order valence-electron chi connectivity index (χ1n) is 6.33.